The summed E-state index contributed by atoms with van der Waals surface area (Å²) in [5.74, 6) is 1.59. The molecule has 2 atom stereocenters. The van der Waals surface area contributed by atoms with Crippen molar-refractivity contribution in [1.82, 2.24) is 0 Å². The molecule has 1 aliphatic carbocycles. The molecule has 1 saturated carbocycles. The Morgan fingerprint density at radius 3 is 2.37 bits per heavy atom. The van der Waals surface area contributed by atoms with Crippen LogP contribution in [0.1, 0.15) is 44.3 Å². The minimum atomic E-state index is -0.0218. The zero-order chi connectivity index (χ0) is 13.7. The van der Waals surface area contributed by atoms with Gasteiger partial charge in [-0.1, -0.05) is 25.0 Å². The van der Waals surface area contributed by atoms with Crippen molar-refractivity contribution in [2.75, 3.05) is 13.7 Å². The van der Waals surface area contributed by atoms with Crippen molar-refractivity contribution in [2.24, 2.45) is 11.7 Å². The molecule has 0 aliphatic heterocycles. The monoisotopic (exact) mass is 263 g/mol. The summed E-state index contributed by atoms with van der Waals surface area (Å²) in [6, 6.07) is 8.01. The van der Waals surface area contributed by atoms with Crippen molar-refractivity contribution >= 4 is 0 Å². The maximum atomic E-state index is 6.08. The molecule has 2 N–H and O–H groups in total. The normalized spacial score (nSPS) is 19.3. The molecule has 2 rings (SSSR count). The van der Waals surface area contributed by atoms with Gasteiger partial charge >= 0.3 is 0 Å². The smallest absolute Gasteiger partial charge is 0.118 e. The van der Waals surface area contributed by atoms with E-state index in [4.69, 9.17) is 15.2 Å². The van der Waals surface area contributed by atoms with Gasteiger partial charge in [-0.25, -0.2) is 0 Å². The second kappa shape index (κ2) is 6.92. The predicted octanol–water partition coefficient (Wildman–Crippen LogP) is 3.29. The summed E-state index contributed by atoms with van der Waals surface area (Å²) in [4.78, 5) is 0. The fourth-order valence-corrected chi connectivity index (χ4v) is 2.76. The molecule has 3 heteroatoms. The third kappa shape index (κ3) is 3.95. The first-order chi connectivity index (χ1) is 9.20. The van der Waals surface area contributed by atoms with Gasteiger partial charge in [-0.3, -0.25) is 0 Å². The molecule has 0 amide bonds. The summed E-state index contributed by atoms with van der Waals surface area (Å²) >= 11 is 0. The van der Waals surface area contributed by atoms with Crippen LogP contribution in [0, 0.1) is 5.92 Å². The molecule has 1 aromatic carbocycles. The van der Waals surface area contributed by atoms with Crippen LogP contribution < -0.4 is 10.5 Å². The molecule has 0 saturated heterocycles. The Hall–Kier alpha value is -1.06. The van der Waals surface area contributed by atoms with Crippen LogP contribution in [-0.2, 0) is 4.74 Å². The Balaban J connectivity index is 1.97. The van der Waals surface area contributed by atoms with E-state index in [2.05, 4.69) is 0 Å². The largest absolute Gasteiger partial charge is 0.497 e. The molecule has 19 heavy (non-hydrogen) atoms. The standard InChI is InChI=1S/C16H25NO2/c1-12(17)16(19-11-13-5-3-4-6-13)14-7-9-15(18-2)10-8-14/h7-10,12-13,16H,3-6,11,17H2,1-2H3. The number of hydrogen-bond acceptors (Lipinski definition) is 3. The van der Waals surface area contributed by atoms with Crippen molar-refractivity contribution in [3.63, 3.8) is 0 Å². The van der Waals surface area contributed by atoms with E-state index in [1.165, 1.54) is 25.7 Å². The number of hydrogen-bond donors (Lipinski definition) is 1. The summed E-state index contributed by atoms with van der Waals surface area (Å²) in [5, 5.41) is 0. The zero-order valence-electron chi connectivity index (χ0n) is 12.0. The van der Waals surface area contributed by atoms with E-state index in [1.54, 1.807) is 7.11 Å². The first-order valence-corrected chi connectivity index (χ1v) is 7.22. The van der Waals surface area contributed by atoms with Crippen molar-refractivity contribution < 1.29 is 9.47 Å². The molecule has 3 nitrogen and oxygen atoms in total. The SMILES string of the molecule is COc1ccc(C(OCC2CCCC2)C(C)N)cc1. The average molecular weight is 263 g/mol. The van der Waals surface area contributed by atoms with E-state index in [0.29, 0.717) is 0 Å². The number of methoxy groups -OCH3 is 1. The van der Waals surface area contributed by atoms with Gasteiger partial charge in [-0.15, -0.1) is 0 Å². The highest BCUT2D eigenvalue weighted by molar-refractivity contribution is 5.29. The first-order valence-electron chi connectivity index (χ1n) is 7.22. The summed E-state index contributed by atoms with van der Waals surface area (Å²) in [6.07, 6.45) is 5.27. The maximum Gasteiger partial charge on any atom is 0.118 e. The molecular formula is C16H25NO2. The quantitative estimate of drug-likeness (QED) is 0.856. The molecular weight excluding hydrogens is 238 g/mol. The third-order valence-electron chi connectivity index (χ3n) is 3.91. The number of ether oxygens (including phenoxy) is 2. The van der Waals surface area contributed by atoms with Crippen LogP contribution in [0.25, 0.3) is 0 Å². The first kappa shape index (κ1) is 14.4. The van der Waals surface area contributed by atoms with E-state index >= 15 is 0 Å². The summed E-state index contributed by atoms with van der Waals surface area (Å²) < 4.78 is 11.3. The van der Waals surface area contributed by atoms with Crippen molar-refractivity contribution in [2.45, 2.75) is 44.8 Å². The number of benzene rings is 1. The molecule has 1 aliphatic rings. The molecule has 0 bridgehead atoms. The average Bonchev–Trinajstić information content (AvgIpc) is 2.92. The van der Waals surface area contributed by atoms with Crippen LogP contribution in [-0.4, -0.2) is 19.8 Å². The van der Waals surface area contributed by atoms with Crippen LogP contribution in [0.3, 0.4) is 0 Å². The Bertz CT molecular complexity index is 369. The second-order valence-corrected chi connectivity index (χ2v) is 5.54. The molecule has 106 valence electrons. The minimum Gasteiger partial charge on any atom is -0.497 e. The van der Waals surface area contributed by atoms with Crippen LogP contribution in [0.2, 0.25) is 0 Å². The van der Waals surface area contributed by atoms with E-state index in [-0.39, 0.29) is 12.1 Å². The number of nitrogens with two attached hydrogens (primary N) is 1. The molecule has 1 fully saturated rings. The van der Waals surface area contributed by atoms with Gasteiger partial charge in [-0.05, 0) is 43.4 Å². The molecule has 1 aromatic rings. The summed E-state index contributed by atoms with van der Waals surface area (Å²) in [5.41, 5.74) is 7.20. The van der Waals surface area contributed by atoms with Gasteiger partial charge in [0.15, 0.2) is 0 Å². The third-order valence-corrected chi connectivity index (χ3v) is 3.91. The zero-order valence-corrected chi connectivity index (χ0v) is 12.0. The highest BCUT2D eigenvalue weighted by Crippen LogP contribution is 2.28. The fraction of sp³-hybridized carbons (Fsp3) is 0.625. The van der Waals surface area contributed by atoms with E-state index in [1.807, 2.05) is 31.2 Å². The van der Waals surface area contributed by atoms with Gasteiger partial charge in [0, 0.05) is 6.04 Å². The number of rotatable bonds is 6. The van der Waals surface area contributed by atoms with E-state index in [9.17, 15) is 0 Å². The lowest BCUT2D eigenvalue weighted by molar-refractivity contribution is 0.0168. The molecule has 0 radical (unpaired) electrons. The lowest BCUT2D eigenvalue weighted by Gasteiger charge is -2.24. The van der Waals surface area contributed by atoms with Gasteiger partial charge in [0.2, 0.25) is 0 Å². The van der Waals surface area contributed by atoms with E-state index < -0.39 is 0 Å². The van der Waals surface area contributed by atoms with Gasteiger partial charge in [0.05, 0.1) is 19.8 Å². The summed E-state index contributed by atoms with van der Waals surface area (Å²) in [7, 11) is 1.68. The Kier molecular flexibility index (Phi) is 5.23. The van der Waals surface area contributed by atoms with Crippen LogP contribution in [0.15, 0.2) is 24.3 Å². The minimum absolute atomic E-state index is 0.00482. The Morgan fingerprint density at radius 1 is 1.21 bits per heavy atom. The van der Waals surface area contributed by atoms with Crippen LogP contribution in [0.5, 0.6) is 5.75 Å². The topological polar surface area (TPSA) is 44.5 Å². The molecule has 0 heterocycles. The predicted molar refractivity (Wildman–Crippen MR) is 77.3 cm³/mol. The molecule has 0 aromatic heterocycles. The maximum absolute atomic E-state index is 6.08. The van der Waals surface area contributed by atoms with Gasteiger partial charge < -0.3 is 15.2 Å². The lowest BCUT2D eigenvalue weighted by Crippen LogP contribution is -2.28. The second-order valence-electron chi connectivity index (χ2n) is 5.54. The van der Waals surface area contributed by atoms with Crippen molar-refractivity contribution in [1.29, 1.82) is 0 Å². The summed E-state index contributed by atoms with van der Waals surface area (Å²) in [6.45, 7) is 2.84. The van der Waals surface area contributed by atoms with Crippen LogP contribution in [0.4, 0.5) is 0 Å². The lowest BCUT2D eigenvalue weighted by atomic mass is 10.0. The molecule has 2 unspecified atom stereocenters. The Labute approximate surface area is 116 Å². The van der Waals surface area contributed by atoms with Gasteiger partial charge in [0.25, 0.3) is 0 Å². The van der Waals surface area contributed by atoms with Crippen LogP contribution >= 0.6 is 0 Å². The highest BCUT2D eigenvalue weighted by Gasteiger charge is 2.21. The Morgan fingerprint density at radius 2 is 1.84 bits per heavy atom. The van der Waals surface area contributed by atoms with Crippen molar-refractivity contribution in [3.05, 3.63) is 29.8 Å². The molecule has 0 spiro atoms. The van der Waals surface area contributed by atoms with E-state index in [0.717, 1.165) is 23.8 Å². The van der Waals surface area contributed by atoms with Crippen molar-refractivity contribution in [3.8, 4) is 5.75 Å². The van der Waals surface area contributed by atoms with Gasteiger partial charge in [0.1, 0.15) is 5.75 Å². The van der Waals surface area contributed by atoms with Gasteiger partial charge in [-0.2, -0.15) is 0 Å². The highest BCUT2D eigenvalue weighted by atomic mass is 16.5. The fourth-order valence-electron chi connectivity index (χ4n) is 2.76.